The van der Waals surface area contributed by atoms with Crippen LogP contribution in [0.25, 0.3) is 0 Å². The minimum atomic E-state index is -0.534. The molecular weight excluding hydrogens is 412 g/mol. The Kier molecular flexibility index (Phi) is 6.08. The largest absolute Gasteiger partial charge is 0.508 e. The van der Waals surface area contributed by atoms with Crippen LogP contribution in [0.5, 0.6) is 5.75 Å². The van der Waals surface area contributed by atoms with Gasteiger partial charge >= 0.3 is 5.97 Å². The van der Waals surface area contributed by atoms with E-state index in [0.29, 0.717) is 22.4 Å². The average Bonchev–Trinajstić information content (AvgIpc) is 3.19. The van der Waals surface area contributed by atoms with Gasteiger partial charge in [0.05, 0.1) is 5.57 Å². The number of aromatic hydroxyl groups is 1. The smallest absolute Gasteiger partial charge is 0.338 e. The van der Waals surface area contributed by atoms with Gasteiger partial charge in [-0.3, -0.25) is 0 Å². The number of phenols is 1. The van der Waals surface area contributed by atoms with Gasteiger partial charge < -0.3 is 15.2 Å². The highest BCUT2D eigenvalue weighted by molar-refractivity contribution is 7.98. The van der Waals surface area contributed by atoms with E-state index in [0.717, 1.165) is 11.3 Å². The molecule has 7 nitrogen and oxygen atoms in total. The Balaban J connectivity index is 1.69. The zero-order valence-electron chi connectivity index (χ0n) is 17.0. The third-order valence-corrected chi connectivity index (χ3v) is 5.71. The minimum absolute atomic E-state index is 0.111. The molecule has 31 heavy (non-hydrogen) atoms. The molecule has 2 heterocycles. The first-order chi connectivity index (χ1) is 15.1. The highest BCUT2D eigenvalue weighted by atomic mass is 32.2. The monoisotopic (exact) mass is 434 g/mol. The number of benzene rings is 2. The Hall–Kier alpha value is -3.52. The van der Waals surface area contributed by atoms with Crippen LogP contribution in [0, 0.1) is 0 Å². The number of carbonyl (C=O) groups excluding carboxylic acids is 1. The van der Waals surface area contributed by atoms with Gasteiger partial charge in [0.25, 0.3) is 0 Å². The number of esters is 1. The van der Waals surface area contributed by atoms with Gasteiger partial charge in [0.2, 0.25) is 11.1 Å². The Morgan fingerprint density at radius 2 is 2.00 bits per heavy atom. The molecule has 0 aliphatic carbocycles. The molecule has 0 bridgehead atoms. The van der Waals surface area contributed by atoms with Gasteiger partial charge in [-0.1, -0.05) is 66.9 Å². The van der Waals surface area contributed by atoms with Crippen molar-refractivity contribution in [2.24, 2.45) is 0 Å². The summed E-state index contributed by atoms with van der Waals surface area (Å²) in [7, 11) is 0. The van der Waals surface area contributed by atoms with Crippen molar-refractivity contribution in [2.45, 2.75) is 23.9 Å². The van der Waals surface area contributed by atoms with E-state index >= 15 is 0 Å². The van der Waals surface area contributed by atoms with Crippen LogP contribution in [0.2, 0.25) is 0 Å². The molecule has 4 rings (SSSR count). The predicted molar refractivity (Wildman–Crippen MR) is 120 cm³/mol. The summed E-state index contributed by atoms with van der Waals surface area (Å²) in [6, 6.07) is 16.3. The number of anilines is 1. The van der Waals surface area contributed by atoms with Crippen molar-refractivity contribution in [3.8, 4) is 5.75 Å². The third-order valence-electron chi connectivity index (χ3n) is 4.80. The number of nitrogens with zero attached hydrogens (tertiary/aromatic N) is 3. The van der Waals surface area contributed by atoms with Crippen LogP contribution in [-0.4, -0.2) is 32.4 Å². The summed E-state index contributed by atoms with van der Waals surface area (Å²) >= 11 is 1.52. The number of nitrogens with one attached hydrogen (secondary N) is 1. The molecule has 0 saturated heterocycles. The highest BCUT2D eigenvalue weighted by Crippen LogP contribution is 2.37. The quantitative estimate of drug-likeness (QED) is 0.326. The fourth-order valence-corrected chi connectivity index (χ4v) is 4.14. The molecule has 0 saturated carbocycles. The molecule has 1 unspecified atom stereocenters. The second-order valence-corrected chi connectivity index (χ2v) is 7.92. The van der Waals surface area contributed by atoms with Gasteiger partial charge in [-0.05, 0) is 30.2 Å². The molecule has 3 aromatic rings. The molecule has 1 aliphatic heterocycles. The first-order valence-corrected chi connectivity index (χ1v) is 10.7. The molecule has 0 fully saturated rings. The Morgan fingerprint density at radius 1 is 1.26 bits per heavy atom. The number of rotatable bonds is 7. The number of fused-ring (bicyclic) bond motifs is 1. The van der Waals surface area contributed by atoms with Gasteiger partial charge in [-0.15, -0.1) is 5.10 Å². The van der Waals surface area contributed by atoms with Crippen molar-refractivity contribution >= 4 is 23.7 Å². The van der Waals surface area contributed by atoms with Crippen LogP contribution in [0.15, 0.2) is 83.7 Å². The van der Waals surface area contributed by atoms with E-state index in [1.54, 1.807) is 28.9 Å². The third kappa shape index (κ3) is 4.49. The molecular formula is C23H22N4O3S. The lowest BCUT2D eigenvalue weighted by atomic mass is 9.96. The molecule has 1 aromatic heterocycles. The van der Waals surface area contributed by atoms with E-state index in [4.69, 9.17) is 4.74 Å². The number of allylic oxidation sites excluding steroid dienone is 1. The van der Waals surface area contributed by atoms with E-state index < -0.39 is 12.0 Å². The van der Waals surface area contributed by atoms with E-state index in [2.05, 4.69) is 34.1 Å². The topological polar surface area (TPSA) is 89.3 Å². The molecule has 158 valence electrons. The summed E-state index contributed by atoms with van der Waals surface area (Å²) in [5.74, 6) is 0.968. The molecule has 2 aromatic carbocycles. The average molecular weight is 435 g/mol. The number of phenolic OH excluding ortho intramolecular Hbond substituents is 1. The van der Waals surface area contributed by atoms with E-state index in [-0.39, 0.29) is 12.4 Å². The van der Waals surface area contributed by atoms with Crippen LogP contribution in [-0.2, 0) is 15.3 Å². The molecule has 1 atom stereocenters. The zero-order valence-corrected chi connectivity index (χ0v) is 17.8. The standard InChI is InChI=1S/C23H22N4O3S/c1-3-13-30-21(29)19-15(2)24-22-25-23(31-14-16-7-5-4-6-8-16)26-27(22)20(19)17-9-11-18(28)12-10-17/h3-12,20,28H,1,13-14H2,2H3,(H,24,25,26). The molecule has 8 heteroatoms. The molecule has 1 aliphatic rings. The minimum Gasteiger partial charge on any atom is -0.508 e. The maximum Gasteiger partial charge on any atom is 0.338 e. The van der Waals surface area contributed by atoms with Crippen LogP contribution in [0.3, 0.4) is 0 Å². The van der Waals surface area contributed by atoms with Gasteiger partial charge in [0, 0.05) is 11.4 Å². The number of aromatic nitrogens is 3. The van der Waals surface area contributed by atoms with Gasteiger partial charge in [0.1, 0.15) is 18.4 Å². The maximum absolute atomic E-state index is 12.9. The van der Waals surface area contributed by atoms with E-state index in [9.17, 15) is 9.90 Å². The number of hydrogen-bond donors (Lipinski definition) is 2. The number of hydrogen-bond acceptors (Lipinski definition) is 7. The summed E-state index contributed by atoms with van der Waals surface area (Å²) in [5, 5.41) is 18.2. The Labute approximate surface area is 184 Å². The van der Waals surface area contributed by atoms with Gasteiger partial charge in [0.15, 0.2) is 0 Å². The summed E-state index contributed by atoms with van der Waals surface area (Å²) in [4.78, 5) is 17.5. The van der Waals surface area contributed by atoms with Gasteiger partial charge in [-0.25, -0.2) is 9.48 Å². The Bertz CT molecular complexity index is 1120. The van der Waals surface area contributed by atoms with Crippen LogP contribution in [0.1, 0.15) is 24.1 Å². The first-order valence-electron chi connectivity index (χ1n) is 9.75. The van der Waals surface area contributed by atoms with Crippen molar-refractivity contribution in [1.82, 2.24) is 14.8 Å². The second-order valence-electron chi connectivity index (χ2n) is 6.98. The predicted octanol–water partition coefficient (Wildman–Crippen LogP) is 4.29. The number of carbonyl (C=O) groups is 1. The van der Waals surface area contributed by atoms with Crippen LogP contribution >= 0.6 is 11.8 Å². The number of ether oxygens (including phenoxy) is 1. The second kappa shape index (κ2) is 9.09. The van der Waals surface area contributed by atoms with Gasteiger partial charge in [-0.2, -0.15) is 4.98 Å². The van der Waals surface area contributed by atoms with Crippen molar-refractivity contribution in [3.05, 3.63) is 89.6 Å². The lowest BCUT2D eigenvalue weighted by Gasteiger charge is -2.28. The van der Waals surface area contributed by atoms with Crippen molar-refractivity contribution in [2.75, 3.05) is 11.9 Å². The van der Waals surface area contributed by atoms with Crippen molar-refractivity contribution in [3.63, 3.8) is 0 Å². The number of thioether (sulfide) groups is 1. The molecule has 0 spiro atoms. The lowest BCUT2D eigenvalue weighted by molar-refractivity contribution is -0.138. The van der Waals surface area contributed by atoms with E-state index in [1.165, 1.54) is 23.4 Å². The van der Waals surface area contributed by atoms with Crippen LogP contribution in [0.4, 0.5) is 5.95 Å². The molecule has 0 radical (unpaired) electrons. The Morgan fingerprint density at radius 3 is 2.71 bits per heavy atom. The fraction of sp³-hybridized carbons (Fsp3) is 0.174. The summed E-state index contributed by atoms with van der Waals surface area (Å²) in [5.41, 5.74) is 3.04. The maximum atomic E-state index is 12.9. The summed E-state index contributed by atoms with van der Waals surface area (Å²) < 4.78 is 7.02. The fourth-order valence-electron chi connectivity index (χ4n) is 3.36. The zero-order chi connectivity index (χ0) is 21.8. The van der Waals surface area contributed by atoms with Crippen molar-refractivity contribution < 1.29 is 14.6 Å². The van der Waals surface area contributed by atoms with Crippen molar-refractivity contribution in [1.29, 1.82) is 0 Å². The lowest BCUT2D eigenvalue weighted by Crippen LogP contribution is -2.29. The summed E-state index contributed by atoms with van der Waals surface area (Å²) in [6.45, 7) is 5.53. The highest BCUT2D eigenvalue weighted by Gasteiger charge is 2.35. The molecule has 0 amide bonds. The normalized spacial score (nSPS) is 15.2. The summed E-state index contributed by atoms with van der Waals surface area (Å²) in [6.07, 6.45) is 1.53. The first kappa shape index (κ1) is 20.7. The van der Waals surface area contributed by atoms with Crippen LogP contribution < -0.4 is 5.32 Å². The SMILES string of the molecule is C=CCOC(=O)C1=C(C)Nc2nc(SCc3ccccc3)nn2C1c1ccc(O)cc1. The van der Waals surface area contributed by atoms with E-state index in [1.807, 2.05) is 25.1 Å². The molecule has 2 N–H and O–H groups in total.